The molecule has 0 saturated heterocycles. The van der Waals surface area contributed by atoms with Crippen LogP contribution in [0.4, 0.5) is 0 Å². The summed E-state index contributed by atoms with van der Waals surface area (Å²) >= 11 is 9.76. The van der Waals surface area contributed by atoms with Gasteiger partial charge in [0.15, 0.2) is 6.61 Å². The largest absolute Gasteiger partial charge is 0.480 e. The first kappa shape index (κ1) is 24.4. The lowest BCUT2D eigenvalue weighted by atomic mass is 9.88. The summed E-state index contributed by atoms with van der Waals surface area (Å²) in [7, 11) is 0. The van der Waals surface area contributed by atoms with E-state index in [4.69, 9.17) is 26.1 Å². The van der Waals surface area contributed by atoms with Crippen molar-refractivity contribution in [2.24, 2.45) is 5.10 Å². The number of benzene rings is 2. The van der Waals surface area contributed by atoms with Gasteiger partial charge in [0.1, 0.15) is 11.6 Å². The molecule has 178 valence electrons. The number of carbonyl (C=O) groups is 1. The Labute approximate surface area is 210 Å². The van der Waals surface area contributed by atoms with Crippen molar-refractivity contribution in [1.29, 1.82) is 0 Å². The van der Waals surface area contributed by atoms with Crippen molar-refractivity contribution in [2.75, 3.05) is 13.2 Å². The standard InChI is InChI=1S/C25H25BrClN3O4/c1-2-33-23(31)15-34-22-11-8-16(12-20(22)27)14-28-30-24(17-6-4-3-5-7-17)29-21-10-9-18(26)13-19(21)25(30)32/h8-14,17H,2-7,15H2,1H3. The summed E-state index contributed by atoms with van der Waals surface area (Å²) in [6, 6.07) is 10.6. The van der Waals surface area contributed by atoms with E-state index in [0.29, 0.717) is 33.1 Å². The fourth-order valence-corrected chi connectivity index (χ4v) is 4.69. The van der Waals surface area contributed by atoms with Gasteiger partial charge in [0.2, 0.25) is 0 Å². The molecular formula is C25H25BrClN3O4. The van der Waals surface area contributed by atoms with Crippen molar-refractivity contribution in [2.45, 2.75) is 44.9 Å². The van der Waals surface area contributed by atoms with E-state index >= 15 is 0 Å². The smallest absolute Gasteiger partial charge is 0.344 e. The monoisotopic (exact) mass is 545 g/mol. The highest BCUT2D eigenvalue weighted by Crippen LogP contribution is 2.32. The molecule has 4 rings (SSSR count). The summed E-state index contributed by atoms with van der Waals surface area (Å²) in [5, 5.41) is 5.36. The molecule has 0 radical (unpaired) electrons. The quantitative estimate of drug-likeness (QED) is 0.281. The average Bonchev–Trinajstić information content (AvgIpc) is 2.84. The number of ether oxygens (including phenoxy) is 2. The van der Waals surface area contributed by atoms with E-state index in [1.165, 1.54) is 11.1 Å². The number of fused-ring (bicyclic) bond motifs is 1. The molecule has 1 fully saturated rings. The molecule has 34 heavy (non-hydrogen) atoms. The molecular weight excluding hydrogens is 522 g/mol. The topological polar surface area (TPSA) is 82.8 Å². The number of halogens is 2. The second-order valence-corrected chi connectivity index (χ2v) is 9.43. The minimum atomic E-state index is -0.464. The van der Waals surface area contributed by atoms with E-state index in [1.807, 2.05) is 12.1 Å². The van der Waals surface area contributed by atoms with Gasteiger partial charge in [-0.1, -0.05) is 46.8 Å². The Morgan fingerprint density at radius 2 is 2.03 bits per heavy atom. The highest BCUT2D eigenvalue weighted by Gasteiger charge is 2.22. The molecule has 1 saturated carbocycles. The maximum atomic E-state index is 13.4. The van der Waals surface area contributed by atoms with E-state index in [2.05, 4.69) is 21.0 Å². The van der Waals surface area contributed by atoms with Gasteiger partial charge in [0.05, 0.1) is 28.7 Å². The fraction of sp³-hybridized carbons (Fsp3) is 0.360. The number of esters is 1. The van der Waals surface area contributed by atoms with Crippen molar-refractivity contribution < 1.29 is 14.3 Å². The molecule has 7 nitrogen and oxygen atoms in total. The number of carbonyl (C=O) groups excluding carboxylic acids is 1. The molecule has 0 amide bonds. The summed E-state index contributed by atoms with van der Waals surface area (Å²) in [6.07, 6.45) is 7.00. The third-order valence-electron chi connectivity index (χ3n) is 5.73. The van der Waals surface area contributed by atoms with Crippen LogP contribution in [0.3, 0.4) is 0 Å². The fourth-order valence-electron chi connectivity index (χ4n) is 4.08. The van der Waals surface area contributed by atoms with Gasteiger partial charge in [-0.3, -0.25) is 4.79 Å². The van der Waals surface area contributed by atoms with Gasteiger partial charge in [-0.15, -0.1) is 0 Å². The summed E-state index contributed by atoms with van der Waals surface area (Å²) in [5.74, 6) is 0.781. The van der Waals surface area contributed by atoms with Crippen LogP contribution >= 0.6 is 27.5 Å². The molecule has 1 aliphatic rings. The Bertz CT molecular complexity index is 1290. The molecule has 1 aromatic heterocycles. The third-order valence-corrected chi connectivity index (χ3v) is 6.52. The van der Waals surface area contributed by atoms with Crippen LogP contribution in [0.1, 0.15) is 56.3 Å². The zero-order valence-electron chi connectivity index (χ0n) is 18.8. The van der Waals surface area contributed by atoms with Crippen molar-refractivity contribution >= 4 is 50.6 Å². The summed E-state index contributed by atoms with van der Waals surface area (Å²) < 4.78 is 12.5. The molecule has 3 aromatic rings. The molecule has 0 N–H and O–H groups in total. The minimum Gasteiger partial charge on any atom is -0.480 e. The first-order valence-corrected chi connectivity index (χ1v) is 12.5. The zero-order valence-corrected chi connectivity index (χ0v) is 21.1. The Morgan fingerprint density at radius 3 is 2.76 bits per heavy atom. The maximum absolute atomic E-state index is 13.4. The van der Waals surface area contributed by atoms with Crippen LogP contribution in [-0.2, 0) is 9.53 Å². The van der Waals surface area contributed by atoms with Gasteiger partial charge >= 0.3 is 5.97 Å². The molecule has 1 heterocycles. The van der Waals surface area contributed by atoms with Crippen LogP contribution in [0.5, 0.6) is 5.75 Å². The van der Waals surface area contributed by atoms with Crippen molar-refractivity contribution in [1.82, 2.24) is 9.66 Å². The summed E-state index contributed by atoms with van der Waals surface area (Å²) in [4.78, 5) is 29.7. The average molecular weight is 547 g/mol. The number of rotatable bonds is 7. The molecule has 0 spiro atoms. The molecule has 9 heteroatoms. The van der Waals surface area contributed by atoms with E-state index < -0.39 is 5.97 Å². The lowest BCUT2D eigenvalue weighted by Crippen LogP contribution is -2.25. The second-order valence-electron chi connectivity index (χ2n) is 8.11. The number of aromatic nitrogens is 2. The lowest BCUT2D eigenvalue weighted by molar-refractivity contribution is -0.145. The van der Waals surface area contributed by atoms with Crippen LogP contribution in [0.25, 0.3) is 10.9 Å². The van der Waals surface area contributed by atoms with Crippen LogP contribution in [0.15, 0.2) is 50.8 Å². The molecule has 1 aliphatic carbocycles. The van der Waals surface area contributed by atoms with Crippen molar-refractivity contribution in [3.63, 3.8) is 0 Å². The highest BCUT2D eigenvalue weighted by molar-refractivity contribution is 9.10. The normalized spacial score (nSPS) is 14.6. The molecule has 0 bridgehead atoms. The van der Waals surface area contributed by atoms with Gasteiger partial charge in [-0.05, 0) is 61.7 Å². The first-order chi connectivity index (χ1) is 16.5. The first-order valence-electron chi connectivity index (χ1n) is 11.3. The van der Waals surface area contributed by atoms with Crippen LogP contribution in [-0.4, -0.2) is 35.1 Å². The Morgan fingerprint density at radius 1 is 1.24 bits per heavy atom. The van der Waals surface area contributed by atoms with Crippen molar-refractivity contribution in [3.8, 4) is 5.75 Å². The minimum absolute atomic E-state index is 0.189. The molecule has 0 unspecified atom stereocenters. The van der Waals surface area contributed by atoms with E-state index in [-0.39, 0.29) is 24.7 Å². The molecule has 0 aliphatic heterocycles. The van der Waals surface area contributed by atoms with E-state index in [9.17, 15) is 9.59 Å². The van der Waals surface area contributed by atoms with Crippen molar-refractivity contribution in [3.05, 3.63) is 67.6 Å². The Hall–Kier alpha value is -2.71. The van der Waals surface area contributed by atoms with E-state index in [1.54, 1.807) is 37.4 Å². The van der Waals surface area contributed by atoms with Gasteiger partial charge in [0.25, 0.3) is 5.56 Å². The predicted octanol–water partition coefficient (Wildman–Crippen LogP) is 5.68. The number of nitrogens with zero attached hydrogens (tertiary/aromatic N) is 3. The van der Waals surface area contributed by atoms with Crippen LogP contribution < -0.4 is 10.3 Å². The Balaban J connectivity index is 1.65. The van der Waals surface area contributed by atoms with E-state index in [0.717, 1.165) is 30.2 Å². The summed E-state index contributed by atoms with van der Waals surface area (Å²) in [5.41, 5.74) is 1.15. The van der Waals surface area contributed by atoms with Gasteiger partial charge in [-0.25, -0.2) is 9.78 Å². The third kappa shape index (κ3) is 5.67. The highest BCUT2D eigenvalue weighted by atomic mass is 79.9. The van der Waals surface area contributed by atoms with Gasteiger partial charge in [-0.2, -0.15) is 9.78 Å². The molecule has 0 atom stereocenters. The molecule has 2 aromatic carbocycles. The Kier molecular flexibility index (Phi) is 8.00. The second kappa shape index (κ2) is 11.1. The lowest BCUT2D eigenvalue weighted by Gasteiger charge is -2.22. The maximum Gasteiger partial charge on any atom is 0.344 e. The van der Waals surface area contributed by atoms with Gasteiger partial charge in [0, 0.05) is 10.4 Å². The number of hydrogen-bond acceptors (Lipinski definition) is 6. The zero-order chi connectivity index (χ0) is 24.1. The van der Waals surface area contributed by atoms with Crippen LogP contribution in [0, 0.1) is 0 Å². The van der Waals surface area contributed by atoms with Gasteiger partial charge < -0.3 is 9.47 Å². The number of hydrogen-bond donors (Lipinski definition) is 0. The summed E-state index contributed by atoms with van der Waals surface area (Å²) in [6.45, 7) is 1.79. The van der Waals surface area contributed by atoms with Crippen LogP contribution in [0.2, 0.25) is 5.02 Å². The predicted molar refractivity (Wildman–Crippen MR) is 136 cm³/mol. The SMILES string of the molecule is CCOC(=O)COc1ccc(C=Nn2c(C3CCCCC3)nc3ccc(Br)cc3c2=O)cc1Cl.